The van der Waals surface area contributed by atoms with Gasteiger partial charge in [0, 0.05) is 19.1 Å². The lowest BCUT2D eigenvalue weighted by atomic mass is 9.85. The van der Waals surface area contributed by atoms with Gasteiger partial charge in [-0.1, -0.05) is 0 Å². The second-order valence-electron chi connectivity index (χ2n) is 3.97. The molecule has 0 saturated heterocycles. The molecule has 0 unspecified atom stereocenters. The lowest BCUT2D eigenvalue weighted by Gasteiger charge is -2.27. The molecule has 0 heterocycles. The molecule has 0 atom stereocenters. The number of hydrogen-bond donors (Lipinski definition) is 3. The molecule has 1 rings (SSSR count). The van der Waals surface area contributed by atoms with Crippen LogP contribution in [0.15, 0.2) is 0 Å². The van der Waals surface area contributed by atoms with E-state index in [1.54, 1.807) is 0 Å². The monoisotopic (exact) mass is 230 g/mol. The molecule has 1 aliphatic rings. The maximum atomic E-state index is 11.6. The molecule has 2 amide bonds. The number of carbonyl (C=O) groups is 2. The van der Waals surface area contributed by atoms with Crippen molar-refractivity contribution in [3.8, 4) is 0 Å². The lowest BCUT2D eigenvalue weighted by Crippen LogP contribution is -2.40. The van der Waals surface area contributed by atoms with E-state index in [0.717, 1.165) is 25.7 Å². The van der Waals surface area contributed by atoms with Gasteiger partial charge in [-0.25, -0.2) is 4.79 Å². The largest absolute Gasteiger partial charge is 0.465 e. The van der Waals surface area contributed by atoms with Gasteiger partial charge in [-0.2, -0.15) is 0 Å². The highest BCUT2D eigenvalue weighted by atomic mass is 16.5. The predicted octanol–water partition coefficient (Wildman–Crippen LogP) is 0.533. The van der Waals surface area contributed by atoms with Crippen molar-refractivity contribution in [1.29, 1.82) is 0 Å². The van der Waals surface area contributed by atoms with Crippen LogP contribution in [0.2, 0.25) is 0 Å². The molecule has 6 heteroatoms. The Labute approximate surface area is 94.3 Å². The Hall–Kier alpha value is -1.30. The van der Waals surface area contributed by atoms with Gasteiger partial charge in [0.1, 0.15) is 6.73 Å². The fourth-order valence-electron chi connectivity index (χ4n) is 1.96. The van der Waals surface area contributed by atoms with E-state index in [9.17, 15) is 9.59 Å². The second-order valence-corrected chi connectivity index (χ2v) is 3.97. The summed E-state index contributed by atoms with van der Waals surface area (Å²) in [5, 5.41) is 13.7. The topological polar surface area (TPSA) is 87.7 Å². The first kappa shape index (κ1) is 12.8. The molecule has 0 radical (unpaired) electrons. The Balaban J connectivity index is 2.25. The number of carboxylic acid groups (broad SMARTS) is 1. The van der Waals surface area contributed by atoms with E-state index in [1.165, 1.54) is 7.11 Å². The van der Waals surface area contributed by atoms with Crippen LogP contribution in [-0.4, -0.2) is 37.0 Å². The summed E-state index contributed by atoms with van der Waals surface area (Å²) in [4.78, 5) is 22.0. The van der Waals surface area contributed by atoms with Crippen LogP contribution in [0.5, 0.6) is 0 Å². The Bertz CT molecular complexity index is 249. The van der Waals surface area contributed by atoms with Gasteiger partial charge >= 0.3 is 6.09 Å². The number of hydrogen-bond acceptors (Lipinski definition) is 3. The van der Waals surface area contributed by atoms with E-state index in [-0.39, 0.29) is 24.6 Å². The van der Waals surface area contributed by atoms with Crippen molar-refractivity contribution in [2.75, 3.05) is 13.8 Å². The second kappa shape index (κ2) is 6.32. The third-order valence-corrected chi connectivity index (χ3v) is 2.82. The van der Waals surface area contributed by atoms with Gasteiger partial charge in [0.2, 0.25) is 5.91 Å². The molecular formula is C10H18N2O4. The first-order valence-corrected chi connectivity index (χ1v) is 5.39. The van der Waals surface area contributed by atoms with Gasteiger partial charge in [0.05, 0.1) is 0 Å². The fourth-order valence-corrected chi connectivity index (χ4v) is 1.96. The lowest BCUT2D eigenvalue weighted by molar-refractivity contribution is -0.127. The molecule has 3 N–H and O–H groups in total. The Morgan fingerprint density at radius 3 is 2.44 bits per heavy atom. The first-order valence-electron chi connectivity index (χ1n) is 5.39. The van der Waals surface area contributed by atoms with Crippen molar-refractivity contribution in [2.45, 2.75) is 31.7 Å². The summed E-state index contributed by atoms with van der Waals surface area (Å²) in [6.07, 6.45) is 1.89. The van der Waals surface area contributed by atoms with Crippen LogP contribution in [0.3, 0.4) is 0 Å². The summed E-state index contributed by atoms with van der Waals surface area (Å²) in [5.74, 6) is -0.0161. The standard InChI is InChI=1S/C10H18N2O4/c1-16-6-11-9(13)7-2-4-8(5-3-7)12-10(14)15/h7-8,12H,2-6H2,1H3,(H,11,13)(H,14,15). The summed E-state index contributed by atoms with van der Waals surface area (Å²) < 4.78 is 4.76. The average Bonchev–Trinajstić information content (AvgIpc) is 2.26. The fraction of sp³-hybridized carbons (Fsp3) is 0.800. The Morgan fingerprint density at radius 2 is 1.94 bits per heavy atom. The quantitative estimate of drug-likeness (QED) is 0.615. The first-order chi connectivity index (χ1) is 7.63. The zero-order chi connectivity index (χ0) is 12.0. The van der Waals surface area contributed by atoms with Crippen molar-refractivity contribution < 1.29 is 19.4 Å². The molecule has 92 valence electrons. The summed E-state index contributed by atoms with van der Waals surface area (Å²) >= 11 is 0. The maximum Gasteiger partial charge on any atom is 0.404 e. The predicted molar refractivity (Wildman–Crippen MR) is 56.9 cm³/mol. The molecule has 16 heavy (non-hydrogen) atoms. The Morgan fingerprint density at radius 1 is 1.31 bits per heavy atom. The minimum Gasteiger partial charge on any atom is -0.465 e. The smallest absolute Gasteiger partial charge is 0.404 e. The van der Waals surface area contributed by atoms with Crippen LogP contribution < -0.4 is 10.6 Å². The molecule has 1 fully saturated rings. The number of amides is 2. The van der Waals surface area contributed by atoms with Crippen molar-refractivity contribution in [3.63, 3.8) is 0 Å². The van der Waals surface area contributed by atoms with Gasteiger partial charge in [0.25, 0.3) is 0 Å². The van der Waals surface area contributed by atoms with E-state index >= 15 is 0 Å². The highest BCUT2D eigenvalue weighted by molar-refractivity contribution is 5.78. The van der Waals surface area contributed by atoms with E-state index in [4.69, 9.17) is 9.84 Å². The number of rotatable bonds is 4. The van der Waals surface area contributed by atoms with Crippen LogP contribution in [0.4, 0.5) is 4.79 Å². The minimum atomic E-state index is -0.993. The summed E-state index contributed by atoms with van der Waals surface area (Å²) in [5.41, 5.74) is 0. The summed E-state index contributed by atoms with van der Waals surface area (Å²) in [7, 11) is 1.52. The highest BCUT2D eigenvalue weighted by Crippen LogP contribution is 2.24. The van der Waals surface area contributed by atoms with E-state index < -0.39 is 6.09 Å². The van der Waals surface area contributed by atoms with Crippen molar-refractivity contribution in [1.82, 2.24) is 10.6 Å². The van der Waals surface area contributed by atoms with Crippen LogP contribution in [-0.2, 0) is 9.53 Å². The normalized spacial score (nSPS) is 24.8. The number of ether oxygens (including phenoxy) is 1. The molecule has 0 aliphatic heterocycles. The molecule has 0 spiro atoms. The van der Waals surface area contributed by atoms with E-state index in [1.807, 2.05) is 0 Å². The van der Waals surface area contributed by atoms with Gasteiger partial charge < -0.3 is 20.5 Å². The summed E-state index contributed by atoms with van der Waals surface area (Å²) in [6.45, 7) is 0.228. The van der Waals surface area contributed by atoms with Gasteiger partial charge in [0.15, 0.2) is 0 Å². The molecule has 0 aromatic carbocycles. The average molecular weight is 230 g/mol. The molecule has 0 aromatic heterocycles. The minimum absolute atomic E-state index is 0.00405. The summed E-state index contributed by atoms with van der Waals surface area (Å²) in [6, 6.07) is -0.0102. The van der Waals surface area contributed by atoms with E-state index in [2.05, 4.69) is 10.6 Å². The van der Waals surface area contributed by atoms with Gasteiger partial charge in [-0.15, -0.1) is 0 Å². The number of carbonyl (C=O) groups excluding carboxylic acids is 1. The molecule has 0 aromatic rings. The third kappa shape index (κ3) is 4.06. The van der Waals surface area contributed by atoms with Crippen molar-refractivity contribution >= 4 is 12.0 Å². The highest BCUT2D eigenvalue weighted by Gasteiger charge is 2.26. The SMILES string of the molecule is COCNC(=O)C1CCC(NC(=O)O)CC1. The van der Waals surface area contributed by atoms with Crippen LogP contribution in [0, 0.1) is 5.92 Å². The molecule has 1 saturated carbocycles. The molecule has 0 bridgehead atoms. The maximum absolute atomic E-state index is 11.6. The van der Waals surface area contributed by atoms with Crippen LogP contribution in [0.25, 0.3) is 0 Å². The molecule has 1 aliphatic carbocycles. The van der Waals surface area contributed by atoms with Crippen LogP contribution >= 0.6 is 0 Å². The van der Waals surface area contributed by atoms with Crippen molar-refractivity contribution in [3.05, 3.63) is 0 Å². The Kier molecular flexibility index (Phi) is 5.04. The van der Waals surface area contributed by atoms with Crippen molar-refractivity contribution in [2.24, 2.45) is 5.92 Å². The zero-order valence-corrected chi connectivity index (χ0v) is 9.36. The van der Waals surface area contributed by atoms with Crippen LogP contribution in [0.1, 0.15) is 25.7 Å². The number of methoxy groups -OCH3 is 1. The zero-order valence-electron chi connectivity index (χ0n) is 9.36. The van der Waals surface area contributed by atoms with Gasteiger partial charge in [-0.3, -0.25) is 4.79 Å². The molecule has 6 nitrogen and oxygen atoms in total. The molecular weight excluding hydrogens is 212 g/mol. The van der Waals surface area contributed by atoms with E-state index in [0.29, 0.717) is 0 Å². The third-order valence-electron chi connectivity index (χ3n) is 2.82. The van der Waals surface area contributed by atoms with Gasteiger partial charge in [-0.05, 0) is 25.7 Å². The number of nitrogens with one attached hydrogen (secondary N) is 2.